The van der Waals surface area contributed by atoms with Crippen molar-refractivity contribution in [2.75, 3.05) is 23.7 Å². The fourth-order valence-electron chi connectivity index (χ4n) is 2.38. The number of aliphatic carboxylic acids is 1. The van der Waals surface area contributed by atoms with Crippen molar-refractivity contribution in [3.8, 4) is 0 Å². The molecule has 0 saturated carbocycles. The van der Waals surface area contributed by atoms with E-state index in [1.165, 1.54) is 6.07 Å². The number of rotatable bonds is 6. The van der Waals surface area contributed by atoms with Gasteiger partial charge < -0.3 is 10.0 Å². The van der Waals surface area contributed by atoms with E-state index in [0.29, 0.717) is 31.9 Å². The summed E-state index contributed by atoms with van der Waals surface area (Å²) in [6.45, 7) is 3.35. The molecule has 1 aliphatic rings. The number of hydrogen-bond donors (Lipinski definition) is 2. The van der Waals surface area contributed by atoms with Crippen LogP contribution in [0.4, 0.5) is 5.95 Å². The first-order valence-electron chi connectivity index (χ1n) is 7.26. The number of piperidine rings is 1. The highest BCUT2D eigenvalue weighted by molar-refractivity contribution is 7.98. The lowest BCUT2D eigenvalue weighted by atomic mass is 9.97. The smallest absolute Gasteiger partial charge is 0.306 e. The van der Waals surface area contributed by atoms with Crippen molar-refractivity contribution in [2.45, 2.75) is 31.9 Å². The Morgan fingerprint density at radius 1 is 1.52 bits per heavy atom. The van der Waals surface area contributed by atoms with Crippen LogP contribution in [0.5, 0.6) is 0 Å². The molecule has 7 heteroatoms. The first kappa shape index (κ1) is 15.9. The van der Waals surface area contributed by atoms with Gasteiger partial charge in [0, 0.05) is 24.9 Å². The van der Waals surface area contributed by atoms with E-state index in [4.69, 9.17) is 5.11 Å². The predicted octanol–water partition coefficient (Wildman–Crippen LogP) is 1.71. The van der Waals surface area contributed by atoms with Gasteiger partial charge in [-0.15, -0.1) is 0 Å². The molecule has 2 heterocycles. The van der Waals surface area contributed by atoms with E-state index in [1.807, 2.05) is 4.90 Å². The summed E-state index contributed by atoms with van der Waals surface area (Å²) in [7, 11) is 0. The highest BCUT2D eigenvalue weighted by atomic mass is 32.2. The van der Waals surface area contributed by atoms with Crippen LogP contribution < -0.4 is 10.5 Å². The molecule has 0 radical (unpaired) electrons. The van der Waals surface area contributed by atoms with Crippen molar-refractivity contribution >= 4 is 23.7 Å². The molecular formula is C14H21N3O3S. The van der Waals surface area contributed by atoms with Crippen molar-refractivity contribution in [2.24, 2.45) is 5.92 Å². The molecule has 0 spiro atoms. The number of aromatic nitrogens is 2. The minimum atomic E-state index is -0.735. The van der Waals surface area contributed by atoms with Crippen LogP contribution in [0.25, 0.3) is 0 Å². The van der Waals surface area contributed by atoms with Crippen molar-refractivity contribution in [3.05, 3.63) is 22.1 Å². The Kier molecular flexibility index (Phi) is 5.67. The summed E-state index contributed by atoms with van der Waals surface area (Å²) < 4.78 is 0. The Morgan fingerprint density at radius 3 is 2.86 bits per heavy atom. The number of carboxylic acids is 1. The molecule has 0 aromatic carbocycles. The number of aromatic amines is 1. The van der Waals surface area contributed by atoms with Crippen LogP contribution in [0.15, 0.2) is 10.9 Å². The zero-order valence-corrected chi connectivity index (χ0v) is 13.0. The molecule has 1 aromatic rings. The third kappa shape index (κ3) is 4.49. The quantitative estimate of drug-likeness (QED) is 0.778. The number of thioether (sulfide) groups is 1. The molecule has 2 N–H and O–H groups in total. The third-order valence-electron chi connectivity index (χ3n) is 3.52. The Bertz CT molecular complexity index is 539. The Morgan fingerprint density at radius 2 is 2.24 bits per heavy atom. The summed E-state index contributed by atoms with van der Waals surface area (Å²) in [4.78, 5) is 31.9. The van der Waals surface area contributed by atoms with Gasteiger partial charge in [-0.3, -0.25) is 14.6 Å². The second-order valence-electron chi connectivity index (χ2n) is 5.21. The lowest BCUT2D eigenvalue weighted by Gasteiger charge is -2.30. The number of carboxylic acid groups (broad SMARTS) is 1. The zero-order chi connectivity index (χ0) is 15.2. The van der Waals surface area contributed by atoms with Gasteiger partial charge in [-0.25, -0.2) is 4.98 Å². The number of carbonyl (C=O) groups is 1. The molecule has 1 aliphatic heterocycles. The standard InChI is InChI=1S/C14H21N3O3S/c1-2-7-21-9-11-8-12(18)16-14(15-11)17-5-3-10(4-6-17)13(19)20/h8,10H,2-7,9H2,1H3,(H,19,20)(H,15,16,18). The van der Waals surface area contributed by atoms with Gasteiger partial charge in [0.1, 0.15) is 0 Å². The third-order valence-corrected chi connectivity index (χ3v) is 4.72. The molecule has 0 atom stereocenters. The lowest BCUT2D eigenvalue weighted by Crippen LogP contribution is -2.38. The topological polar surface area (TPSA) is 86.3 Å². The average Bonchev–Trinajstić information content (AvgIpc) is 2.47. The van der Waals surface area contributed by atoms with E-state index >= 15 is 0 Å². The molecule has 0 amide bonds. The SMILES string of the molecule is CCCSCc1cc(=O)[nH]c(N2CCC(C(=O)O)CC2)n1. The summed E-state index contributed by atoms with van der Waals surface area (Å²) in [5, 5.41) is 9.01. The van der Waals surface area contributed by atoms with E-state index in [-0.39, 0.29) is 11.5 Å². The van der Waals surface area contributed by atoms with Crippen LogP contribution in [-0.4, -0.2) is 39.9 Å². The van der Waals surface area contributed by atoms with E-state index in [9.17, 15) is 9.59 Å². The average molecular weight is 311 g/mol. The number of nitrogens with zero attached hydrogens (tertiary/aromatic N) is 2. The number of nitrogens with one attached hydrogen (secondary N) is 1. The molecule has 0 aliphatic carbocycles. The Hall–Kier alpha value is -1.50. The number of hydrogen-bond acceptors (Lipinski definition) is 5. The molecule has 6 nitrogen and oxygen atoms in total. The van der Waals surface area contributed by atoms with Crippen LogP contribution in [0.2, 0.25) is 0 Å². The first-order chi connectivity index (χ1) is 10.1. The van der Waals surface area contributed by atoms with Gasteiger partial charge >= 0.3 is 5.97 Å². The molecule has 0 bridgehead atoms. The Balaban J connectivity index is 2.03. The summed E-state index contributed by atoms with van der Waals surface area (Å²) in [5.41, 5.74) is 0.639. The maximum absolute atomic E-state index is 11.7. The number of H-pyrrole nitrogens is 1. The van der Waals surface area contributed by atoms with Crippen molar-refractivity contribution in [1.29, 1.82) is 0 Å². The second-order valence-corrected chi connectivity index (χ2v) is 6.32. The monoisotopic (exact) mass is 311 g/mol. The molecule has 21 heavy (non-hydrogen) atoms. The zero-order valence-electron chi connectivity index (χ0n) is 12.2. The Labute approximate surface area is 128 Å². The molecule has 1 fully saturated rings. The summed E-state index contributed by atoms with van der Waals surface area (Å²) in [5.74, 6) is 1.33. The fourth-order valence-corrected chi connectivity index (χ4v) is 3.17. The second kappa shape index (κ2) is 7.49. The maximum atomic E-state index is 11.7. The van der Waals surface area contributed by atoms with Crippen LogP contribution in [0.3, 0.4) is 0 Å². The fraction of sp³-hybridized carbons (Fsp3) is 0.643. The van der Waals surface area contributed by atoms with Gasteiger partial charge in [0.05, 0.1) is 11.6 Å². The van der Waals surface area contributed by atoms with Crippen LogP contribution in [0, 0.1) is 5.92 Å². The summed E-state index contributed by atoms with van der Waals surface area (Å²) >= 11 is 1.76. The minimum Gasteiger partial charge on any atom is -0.481 e. The van der Waals surface area contributed by atoms with Crippen LogP contribution in [0.1, 0.15) is 31.9 Å². The highest BCUT2D eigenvalue weighted by Crippen LogP contribution is 2.21. The first-order valence-corrected chi connectivity index (χ1v) is 8.41. The van der Waals surface area contributed by atoms with Gasteiger partial charge in [0.25, 0.3) is 5.56 Å². The van der Waals surface area contributed by atoms with Gasteiger partial charge in [-0.1, -0.05) is 6.92 Å². The van der Waals surface area contributed by atoms with Crippen LogP contribution in [-0.2, 0) is 10.5 Å². The van der Waals surface area contributed by atoms with Crippen molar-refractivity contribution < 1.29 is 9.90 Å². The van der Waals surface area contributed by atoms with Crippen molar-refractivity contribution in [3.63, 3.8) is 0 Å². The molecule has 1 aromatic heterocycles. The molecule has 1 saturated heterocycles. The van der Waals surface area contributed by atoms with E-state index < -0.39 is 5.97 Å². The molecular weight excluding hydrogens is 290 g/mol. The lowest BCUT2D eigenvalue weighted by molar-refractivity contribution is -0.142. The van der Waals surface area contributed by atoms with Crippen molar-refractivity contribution in [1.82, 2.24) is 9.97 Å². The molecule has 2 rings (SSSR count). The van der Waals surface area contributed by atoms with E-state index in [1.54, 1.807) is 11.8 Å². The van der Waals surface area contributed by atoms with E-state index in [0.717, 1.165) is 23.6 Å². The van der Waals surface area contributed by atoms with E-state index in [2.05, 4.69) is 16.9 Å². The van der Waals surface area contributed by atoms with Gasteiger partial charge in [0.2, 0.25) is 5.95 Å². The van der Waals surface area contributed by atoms with Gasteiger partial charge in [-0.2, -0.15) is 11.8 Å². The van der Waals surface area contributed by atoms with Crippen LogP contribution >= 0.6 is 11.8 Å². The number of anilines is 1. The predicted molar refractivity (Wildman–Crippen MR) is 83.9 cm³/mol. The summed E-state index contributed by atoms with van der Waals surface area (Å²) in [6.07, 6.45) is 2.28. The summed E-state index contributed by atoms with van der Waals surface area (Å²) in [6, 6.07) is 1.54. The highest BCUT2D eigenvalue weighted by Gasteiger charge is 2.25. The molecule has 0 unspecified atom stereocenters. The molecule has 116 valence electrons. The van der Waals surface area contributed by atoms with Gasteiger partial charge in [-0.05, 0) is 25.0 Å². The maximum Gasteiger partial charge on any atom is 0.306 e. The largest absolute Gasteiger partial charge is 0.481 e. The minimum absolute atomic E-state index is 0.146. The normalized spacial score (nSPS) is 16.1. The van der Waals surface area contributed by atoms with Gasteiger partial charge in [0.15, 0.2) is 0 Å².